The molecule has 0 aliphatic carbocycles. The number of hydrogen-bond donors (Lipinski definition) is 1. The number of alkyl halides is 3. The Balaban J connectivity index is 2.60. The average Bonchev–Trinajstić information content (AvgIpc) is 2.57. The summed E-state index contributed by atoms with van der Waals surface area (Å²) < 4.78 is 43.0. The molecule has 0 bridgehead atoms. The van der Waals surface area contributed by atoms with E-state index in [1.54, 1.807) is 0 Å². The molecule has 0 saturated heterocycles. The highest BCUT2D eigenvalue weighted by Crippen LogP contribution is 2.36. The number of nitro benzene ring substituents is 2. The zero-order chi connectivity index (χ0) is 20.4. The van der Waals surface area contributed by atoms with E-state index in [-0.39, 0.29) is 11.3 Å². The molecule has 13 heteroatoms. The number of nitro groups is 2. The van der Waals surface area contributed by atoms with Gasteiger partial charge in [-0.25, -0.2) is 4.79 Å². The van der Waals surface area contributed by atoms with Crippen LogP contribution in [0.2, 0.25) is 0 Å². The van der Waals surface area contributed by atoms with Gasteiger partial charge in [-0.15, -0.1) is 0 Å². The number of methoxy groups -OCH3 is 1. The van der Waals surface area contributed by atoms with Crippen LogP contribution in [0.4, 0.5) is 24.5 Å². The first kappa shape index (κ1) is 19.6. The summed E-state index contributed by atoms with van der Waals surface area (Å²) in [5, 5.41) is 22.0. The van der Waals surface area contributed by atoms with Crippen molar-refractivity contribution in [3.05, 3.63) is 65.9 Å². The Labute approximate surface area is 147 Å². The number of H-pyrrole nitrogens is 1. The van der Waals surface area contributed by atoms with Gasteiger partial charge in [-0.1, -0.05) is 0 Å². The first-order valence-electron chi connectivity index (χ1n) is 6.90. The van der Waals surface area contributed by atoms with Gasteiger partial charge < -0.3 is 9.72 Å². The van der Waals surface area contributed by atoms with Crippen LogP contribution in [0.1, 0.15) is 17.0 Å². The lowest BCUT2D eigenvalue weighted by Crippen LogP contribution is -2.19. The second kappa shape index (κ2) is 7.23. The number of rotatable bonds is 5. The zero-order valence-electron chi connectivity index (χ0n) is 13.3. The van der Waals surface area contributed by atoms with Gasteiger partial charge in [0.15, 0.2) is 0 Å². The van der Waals surface area contributed by atoms with Crippen molar-refractivity contribution in [3.63, 3.8) is 0 Å². The number of aromatic nitrogens is 2. The molecule has 0 unspecified atom stereocenters. The molecule has 0 aliphatic heterocycles. The normalized spacial score (nSPS) is 11.6. The molecule has 0 aliphatic rings. The van der Waals surface area contributed by atoms with Crippen molar-refractivity contribution in [3.8, 4) is 5.75 Å². The molecule has 0 fully saturated rings. The molecule has 1 heterocycles. The molecule has 0 amide bonds. The summed E-state index contributed by atoms with van der Waals surface area (Å²) in [6.45, 7) is 0. The Morgan fingerprint density at radius 2 is 1.81 bits per heavy atom. The first-order valence-corrected chi connectivity index (χ1v) is 6.90. The first-order chi connectivity index (χ1) is 12.5. The van der Waals surface area contributed by atoms with Gasteiger partial charge in [0.05, 0.1) is 28.7 Å². The molecule has 142 valence electrons. The van der Waals surface area contributed by atoms with E-state index in [4.69, 9.17) is 4.74 Å². The number of hydrogen-bond acceptors (Lipinski definition) is 7. The molecule has 0 spiro atoms. The van der Waals surface area contributed by atoms with Crippen molar-refractivity contribution >= 4 is 23.5 Å². The summed E-state index contributed by atoms with van der Waals surface area (Å²) in [6, 6.07) is 2.15. The number of aromatic amines is 1. The summed E-state index contributed by atoms with van der Waals surface area (Å²) in [4.78, 5) is 36.4. The van der Waals surface area contributed by atoms with Crippen LogP contribution in [0, 0.1) is 20.2 Å². The Kier molecular flexibility index (Phi) is 5.23. The minimum atomic E-state index is -4.83. The summed E-state index contributed by atoms with van der Waals surface area (Å²) in [5.41, 5.74) is -4.52. The number of ether oxygens (including phenoxy) is 1. The van der Waals surface area contributed by atoms with Gasteiger partial charge in [-0.3, -0.25) is 20.2 Å². The van der Waals surface area contributed by atoms with Crippen molar-refractivity contribution in [2.75, 3.05) is 7.11 Å². The summed E-state index contributed by atoms with van der Waals surface area (Å²) in [5.74, 6) is -0.345. The lowest BCUT2D eigenvalue weighted by molar-refractivity contribution is -0.394. The average molecular weight is 386 g/mol. The molecule has 0 radical (unpaired) electrons. The van der Waals surface area contributed by atoms with E-state index in [0.29, 0.717) is 12.1 Å². The molecular weight excluding hydrogens is 377 g/mol. The van der Waals surface area contributed by atoms with Crippen LogP contribution in [-0.2, 0) is 6.18 Å². The number of halogens is 3. The Hall–Kier alpha value is -3.77. The standard InChI is InChI=1S/C14H9F3N4O6/c1-27-12-7(4-9(20(23)24)6-10(12)21(25)26)2-3-8-5-11(14(15,16)17)19-13(22)18-8/h2-6H,1H3,(H,18,19,22)/b3-2+. The highest BCUT2D eigenvalue weighted by atomic mass is 19.4. The van der Waals surface area contributed by atoms with Crippen molar-refractivity contribution < 1.29 is 27.8 Å². The molecular formula is C14H9F3N4O6. The lowest BCUT2D eigenvalue weighted by Gasteiger charge is -2.07. The second-order valence-electron chi connectivity index (χ2n) is 4.96. The molecule has 1 N–H and O–H groups in total. The summed E-state index contributed by atoms with van der Waals surface area (Å²) >= 11 is 0. The topological polar surface area (TPSA) is 141 Å². The molecule has 1 aromatic heterocycles. The predicted molar refractivity (Wildman–Crippen MR) is 85.1 cm³/mol. The third kappa shape index (κ3) is 4.45. The smallest absolute Gasteiger partial charge is 0.431 e. The van der Waals surface area contributed by atoms with E-state index < -0.39 is 44.5 Å². The third-order valence-electron chi connectivity index (χ3n) is 3.20. The summed E-state index contributed by atoms with van der Waals surface area (Å²) in [7, 11) is 1.08. The van der Waals surface area contributed by atoms with Gasteiger partial charge in [-0.2, -0.15) is 18.2 Å². The quantitative estimate of drug-likeness (QED) is 0.615. The largest absolute Gasteiger partial charge is 0.490 e. The van der Waals surface area contributed by atoms with Gasteiger partial charge in [0.2, 0.25) is 5.75 Å². The fourth-order valence-electron chi connectivity index (χ4n) is 2.10. The van der Waals surface area contributed by atoms with Gasteiger partial charge >= 0.3 is 17.6 Å². The van der Waals surface area contributed by atoms with Crippen LogP contribution in [-0.4, -0.2) is 26.9 Å². The van der Waals surface area contributed by atoms with E-state index >= 15 is 0 Å². The van der Waals surface area contributed by atoms with E-state index in [0.717, 1.165) is 25.3 Å². The number of nitrogens with zero attached hydrogens (tertiary/aromatic N) is 3. The number of non-ortho nitro benzene ring substituents is 1. The minimum absolute atomic E-state index is 0.158. The van der Waals surface area contributed by atoms with Crippen molar-refractivity contribution in [2.24, 2.45) is 0 Å². The zero-order valence-corrected chi connectivity index (χ0v) is 13.3. The van der Waals surface area contributed by atoms with Crippen molar-refractivity contribution in [2.45, 2.75) is 6.18 Å². The van der Waals surface area contributed by atoms with Crippen LogP contribution in [0.15, 0.2) is 23.0 Å². The predicted octanol–water partition coefficient (Wildman–Crippen LogP) is 2.78. The van der Waals surface area contributed by atoms with Crippen LogP contribution < -0.4 is 10.4 Å². The van der Waals surface area contributed by atoms with Crippen LogP contribution in [0.5, 0.6) is 5.75 Å². The van der Waals surface area contributed by atoms with Crippen molar-refractivity contribution in [1.82, 2.24) is 9.97 Å². The van der Waals surface area contributed by atoms with E-state index in [1.807, 2.05) is 0 Å². The highest BCUT2D eigenvalue weighted by molar-refractivity contribution is 5.76. The third-order valence-corrected chi connectivity index (χ3v) is 3.20. The minimum Gasteiger partial charge on any atom is -0.490 e. The van der Waals surface area contributed by atoms with Gasteiger partial charge in [-0.05, 0) is 18.2 Å². The number of benzene rings is 1. The van der Waals surface area contributed by atoms with Gasteiger partial charge in [0, 0.05) is 11.6 Å². The Bertz CT molecular complexity index is 999. The SMILES string of the molecule is COc1c(/C=C/c2cc(C(F)(F)F)[nH]c(=O)n2)cc([N+](=O)[O-])cc1[N+](=O)[O-]. The maximum absolute atomic E-state index is 12.7. The van der Waals surface area contributed by atoms with Crippen LogP contribution in [0.25, 0.3) is 12.2 Å². The van der Waals surface area contributed by atoms with Crippen LogP contribution in [0.3, 0.4) is 0 Å². The monoisotopic (exact) mass is 386 g/mol. The molecule has 27 heavy (non-hydrogen) atoms. The van der Waals surface area contributed by atoms with Crippen molar-refractivity contribution in [1.29, 1.82) is 0 Å². The molecule has 2 rings (SSSR count). The molecule has 0 saturated carbocycles. The molecule has 1 aromatic carbocycles. The Morgan fingerprint density at radius 1 is 1.15 bits per heavy atom. The lowest BCUT2D eigenvalue weighted by atomic mass is 10.1. The molecule has 0 atom stereocenters. The summed E-state index contributed by atoms with van der Waals surface area (Å²) in [6.07, 6.45) is -2.87. The van der Waals surface area contributed by atoms with E-state index in [1.165, 1.54) is 4.98 Å². The Morgan fingerprint density at radius 3 is 2.33 bits per heavy atom. The van der Waals surface area contributed by atoms with Gasteiger partial charge in [0.25, 0.3) is 5.69 Å². The van der Waals surface area contributed by atoms with E-state index in [9.17, 15) is 38.2 Å². The number of nitrogens with one attached hydrogen (secondary N) is 1. The van der Waals surface area contributed by atoms with Gasteiger partial charge in [0.1, 0.15) is 5.69 Å². The highest BCUT2D eigenvalue weighted by Gasteiger charge is 2.32. The maximum atomic E-state index is 12.7. The molecule has 2 aromatic rings. The maximum Gasteiger partial charge on any atom is 0.431 e. The van der Waals surface area contributed by atoms with E-state index in [2.05, 4.69) is 4.98 Å². The second-order valence-corrected chi connectivity index (χ2v) is 4.96. The fraction of sp³-hybridized carbons (Fsp3) is 0.143. The van der Waals surface area contributed by atoms with Crippen LogP contribution >= 0.6 is 0 Å². The fourth-order valence-corrected chi connectivity index (χ4v) is 2.10. The molecule has 10 nitrogen and oxygen atoms in total.